The van der Waals surface area contributed by atoms with Crippen LogP contribution in [0.2, 0.25) is 0 Å². The second-order valence-corrected chi connectivity index (χ2v) is 6.71. The van der Waals surface area contributed by atoms with Crippen LogP contribution in [0.1, 0.15) is 12.5 Å². The molecule has 0 heterocycles. The fourth-order valence-corrected chi connectivity index (χ4v) is 2.78. The molecule has 4 nitrogen and oxygen atoms in total. The van der Waals surface area contributed by atoms with Crippen LogP contribution in [0, 0.1) is 5.82 Å². The van der Waals surface area contributed by atoms with E-state index < -0.39 is 17.3 Å². The van der Waals surface area contributed by atoms with Crippen LogP contribution in [0.4, 0.5) is 4.39 Å². The van der Waals surface area contributed by atoms with Crippen molar-refractivity contribution >= 4 is 5.91 Å². The zero-order valence-electron chi connectivity index (χ0n) is 15.6. The van der Waals surface area contributed by atoms with Crippen molar-refractivity contribution in [1.82, 2.24) is 5.32 Å². The third kappa shape index (κ3) is 4.96. The molecule has 1 atom stereocenters. The Morgan fingerprint density at radius 3 is 2.25 bits per heavy atom. The average Bonchev–Trinajstić information content (AvgIpc) is 2.72. The van der Waals surface area contributed by atoms with Crippen LogP contribution < -0.4 is 10.1 Å². The van der Waals surface area contributed by atoms with Gasteiger partial charge in [-0.2, -0.15) is 0 Å². The number of ether oxygens (including phenoxy) is 1. The van der Waals surface area contributed by atoms with Gasteiger partial charge in [-0.15, -0.1) is 0 Å². The van der Waals surface area contributed by atoms with Gasteiger partial charge in [-0.25, -0.2) is 4.39 Å². The summed E-state index contributed by atoms with van der Waals surface area (Å²) in [6.07, 6.45) is 0. The summed E-state index contributed by atoms with van der Waals surface area (Å²) in [5.41, 5.74) is 1.57. The van der Waals surface area contributed by atoms with Gasteiger partial charge in [-0.05, 0) is 35.7 Å². The fraction of sp³-hybridized carbons (Fsp3) is 0.174. The maximum Gasteiger partial charge on any atom is 0.258 e. The van der Waals surface area contributed by atoms with Crippen molar-refractivity contribution in [1.29, 1.82) is 0 Å². The molecular weight excluding hydrogens is 357 g/mol. The molecule has 0 saturated carbocycles. The summed E-state index contributed by atoms with van der Waals surface area (Å²) < 4.78 is 18.7. The van der Waals surface area contributed by atoms with Crippen molar-refractivity contribution in [3.05, 3.63) is 90.2 Å². The molecule has 28 heavy (non-hydrogen) atoms. The van der Waals surface area contributed by atoms with Gasteiger partial charge in [-0.1, -0.05) is 66.7 Å². The van der Waals surface area contributed by atoms with E-state index in [1.807, 2.05) is 54.6 Å². The minimum Gasteiger partial charge on any atom is -0.481 e. The Labute approximate surface area is 163 Å². The lowest BCUT2D eigenvalue weighted by Crippen LogP contribution is -2.40. The highest BCUT2D eigenvalue weighted by Gasteiger charge is 2.24. The molecule has 0 aliphatic rings. The van der Waals surface area contributed by atoms with Gasteiger partial charge in [0.05, 0.1) is 6.54 Å². The Kier molecular flexibility index (Phi) is 6.06. The monoisotopic (exact) mass is 379 g/mol. The van der Waals surface area contributed by atoms with Gasteiger partial charge >= 0.3 is 0 Å². The zero-order valence-corrected chi connectivity index (χ0v) is 15.6. The number of halogens is 1. The van der Waals surface area contributed by atoms with Gasteiger partial charge in [0.15, 0.2) is 18.2 Å². The van der Waals surface area contributed by atoms with Gasteiger partial charge in [0, 0.05) is 0 Å². The lowest BCUT2D eigenvalue weighted by atomic mass is 9.93. The van der Waals surface area contributed by atoms with Crippen molar-refractivity contribution in [3.8, 4) is 16.9 Å². The van der Waals surface area contributed by atoms with E-state index in [1.54, 1.807) is 19.1 Å². The molecule has 0 aromatic heterocycles. The molecule has 144 valence electrons. The summed E-state index contributed by atoms with van der Waals surface area (Å²) in [4.78, 5) is 12.0. The number of benzene rings is 3. The smallest absolute Gasteiger partial charge is 0.258 e. The Morgan fingerprint density at radius 2 is 1.57 bits per heavy atom. The van der Waals surface area contributed by atoms with Crippen LogP contribution in [-0.4, -0.2) is 24.2 Å². The van der Waals surface area contributed by atoms with Crippen molar-refractivity contribution in [3.63, 3.8) is 0 Å². The molecular formula is C23H22FNO3. The highest BCUT2D eigenvalue weighted by molar-refractivity contribution is 5.77. The first kappa shape index (κ1) is 19.6. The van der Waals surface area contributed by atoms with Crippen molar-refractivity contribution in [2.75, 3.05) is 13.2 Å². The van der Waals surface area contributed by atoms with Crippen molar-refractivity contribution in [2.45, 2.75) is 12.5 Å². The highest BCUT2D eigenvalue weighted by atomic mass is 19.1. The molecule has 3 rings (SSSR count). The first-order chi connectivity index (χ1) is 13.5. The van der Waals surface area contributed by atoms with E-state index in [-0.39, 0.29) is 18.9 Å². The van der Waals surface area contributed by atoms with E-state index in [2.05, 4.69) is 5.32 Å². The molecule has 0 spiro atoms. The zero-order chi connectivity index (χ0) is 20.0. The summed E-state index contributed by atoms with van der Waals surface area (Å²) in [5, 5.41) is 13.3. The number of nitrogens with one attached hydrogen (secondary N) is 1. The maximum atomic E-state index is 13.5. The average molecular weight is 379 g/mol. The summed E-state index contributed by atoms with van der Waals surface area (Å²) in [7, 11) is 0. The Hall–Kier alpha value is -3.18. The number of amides is 1. The van der Waals surface area contributed by atoms with E-state index in [0.717, 1.165) is 11.1 Å². The second kappa shape index (κ2) is 8.67. The number of hydrogen-bond donors (Lipinski definition) is 2. The first-order valence-corrected chi connectivity index (χ1v) is 8.98. The number of carbonyl (C=O) groups is 1. The predicted molar refractivity (Wildman–Crippen MR) is 106 cm³/mol. The van der Waals surface area contributed by atoms with E-state index in [4.69, 9.17) is 4.74 Å². The third-order valence-electron chi connectivity index (χ3n) is 4.44. The number of carbonyl (C=O) groups excluding carboxylic acids is 1. The van der Waals surface area contributed by atoms with E-state index in [0.29, 0.717) is 5.56 Å². The van der Waals surface area contributed by atoms with E-state index in [1.165, 1.54) is 12.1 Å². The van der Waals surface area contributed by atoms with Gasteiger partial charge in [0.2, 0.25) is 0 Å². The molecule has 1 amide bonds. The maximum absolute atomic E-state index is 13.5. The molecule has 1 unspecified atom stereocenters. The normalized spacial score (nSPS) is 12.8. The summed E-state index contributed by atoms with van der Waals surface area (Å²) >= 11 is 0. The van der Waals surface area contributed by atoms with Crippen LogP contribution in [0.3, 0.4) is 0 Å². The van der Waals surface area contributed by atoms with Gasteiger partial charge in [0.1, 0.15) is 5.60 Å². The van der Waals surface area contributed by atoms with Crippen LogP contribution in [0.25, 0.3) is 11.1 Å². The van der Waals surface area contributed by atoms with Gasteiger partial charge in [0.25, 0.3) is 5.91 Å². The molecule has 3 aromatic rings. The molecule has 3 aromatic carbocycles. The topological polar surface area (TPSA) is 58.6 Å². The number of rotatable bonds is 7. The van der Waals surface area contributed by atoms with Crippen LogP contribution >= 0.6 is 0 Å². The number of hydrogen-bond acceptors (Lipinski definition) is 3. The quantitative estimate of drug-likeness (QED) is 0.655. The molecule has 0 bridgehead atoms. The van der Waals surface area contributed by atoms with Gasteiger partial charge < -0.3 is 15.2 Å². The fourth-order valence-electron chi connectivity index (χ4n) is 2.78. The third-order valence-corrected chi connectivity index (χ3v) is 4.44. The van der Waals surface area contributed by atoms with E-state index >= 15 is 0 Å². The van der Waals surface area contributed by atoms with Gasteiger partial charge in [-0.3, -0.25) is 4.79 Å². The molecule has 0 aliphatic heterocycles. The molecule has 0 saturated heterocycles. The van der Waals surface area contributed by atoms with Crippen molar-refractivity contribution in [2.24, 2.45) is 0 Å². The minimum absolute atomic E-state index is 0.0111. The summed E-state index contributed by atoms with van der Waals surface area (Å²) in [6.45, 7) is 1.31. The Balaban J connectivity index is 1.56. The minimum atomic E-state index is -1.25. The second-order valence-electron chi connectivity index (χ2n) is 6.71. The van der Waals surface area contributed by atoms with Crippen LogP contribution in [-0.2, 0) is 10.4 Å². The summed E-state index contributed by atoms with van der Waals surface area (Å²) in [6, 6.07) is 23.4. The molecule has 0 aliphatic carbocycles. The highest BCUT2D eigenvalue weighted by Crippen LogP contribution is 2.24. The SMILES string of the molecule is CC(O)(CNC(=O)COc1ccccc1F)c1ccc(-c2ccccc2)cc1. The van der Waals surface area contributed by atoms with Crippen LogP contribution in [0.15, 0.2) is 78.9 Å². The molecule has 0 fully saturated rings. The Bertz CT molecular complexity index is 924. The lowest BCUT2D eigenvalue weighted by Gasteiger charge is -2.24. The molecule has 2 N–H and O–H groups in total. The molecule has 0 radical (unpaired) electrons. The Morgan fingerprint density at radius 1 is 0.964 bits per heavy atom. The number of aliphatic hydroxyl groups is 1. The van der Waals surface area contributed by atoms with Crippen LogP contribution in [0.5, 0.6) is 5.75 Å². The first-order valence-electron chi connectivity index (χ1n) is 8.98. The lowest BCUT2D eigenvalue weighted by molar-refractivity contribution is -0.124. The number of para-hydroxylation sites is 1. The molecule has 5 heteroatoms. The van der Waals surface area contributed by atoms with Crippen molar-refractivity contribution < 1.29 is 19.0 Å². The summed E-state index contributed by atoms with van der Waals surface area (Å²) in [5.74, 6) is -0.953. The largest absolute Gasteiger partial charge is 0.481 e. The standard InChI is InChI=1S/C23H22FNO3/c1-23(27,16-25-22(26)15-28-21-10-6-5-9-20(21)24)19-13-11-18(12-14-19)17-7-3-2-4-8-17/h2-14,27H,15-16H2,1H3,(H,25,26). The van der Waals surface area contributed by atoms with E-state index in [9.17, 15) is 14.3 Å². The predicted octanol–water partition coefficient (Wildman–Crippen LogP) is 3.90.